The fourth-order valence-electron chi connectivity index (χ4n) is 2.76. The fourth-order valence-corrected chi connectivity index (χ4v) is 3.79. The molecule has 0 atom stereocenters. The predicted octanol–water partition coefficient (Wildman–Crippen LogP) is 2.89. The highest BCUT2D eigenvalue weighted by Crippen LogP contribution is 2.30. The normalized spacial score (nSPS) is 11.2. The molecule has 0 fully saturated rings. The largest absolute Gasteiger partial charge is 0.545 e. The zero-order valence-electron chi connectivity index (χ0n) is 14.0. The highest BCUT2D eigenvalue weighted by molar-refractivity contribution is 7.18. The number of carboxylic acid groups (broad SMARTS) is 1. The molecule has 0 amide bonds. The zero-order valence-corrected chi connectivity index (χ0v) is 14.8. The van der Waals surface area contributed by atoms with Crippen molar-refractivity contribution in [2.45, 2.75) is 13.8 Å². The number of aromatic carboxylic acids is 1. The second-order valence-corrected chi connectivity index (χ2v) is 7.11. The third kappa shape index (κ3) is 2.62. The third-order valence-corrected chi connectivity index (χ3v) is 5.38. The SMILES string of the molecule is Cc1sc2nc(-c3ccc(-c4ccc(C(=O)[O-])cc4)o3)[nH]c(=O)c2c1C. The van der Waals surface area contributed by atoms with E-state index >= 15 is 0 Å². The van der Waals surface area contributed by atoms with E-state index < -0.39 is 5.97 Å². The van der Waals surface area contributed by atoms with Crippen LogP contribution in [0.15, 0.2) is 45.6 Å². The topological polar surface area (TPSA) is 99.0 Å². The number of aromatic nitrogens is 2. The lowest BCUT2D eigenvalue weighted by Gasteiger charge is -2.03. The molecule has 1 N–H and O–H groups in total. The van der Waals surface area contributed by atoms with E-state index in [-0.39, 0.29) is 11.1 Å². The van der Waals surface area contributed by atoms with Crippen molar-refractivity contribution in [1.82, 2.24) is 9.97 Å². The number of carboxylic acids is 1. The summed E-state index contributed by atoms with van der Waals surface area (Å²) in [5.74, 6) is 0.118. The maximum Gasteiger partial charge on any atom is 0.260 e. The molecule has 4 aromatic rings. The van der Waals surface area contributed by atoms with Crippen LogP contribution in [0.3, 0.4) is 0 Å². The molecule has 0 aliphatic rings. The summed E-state index contributed by atoms with van der Waals surface area (Å²) >= 11 is 1.47. The standard InChI is InChI=1S/C19H14N2O4S/c1-9-10(2)26-18-15(9)17(22)20-16(21-18)14-8-7-13(25-14)11-3-5-12(6-4-11)19(23)24/h3-8H,1-2H3,(H,23,24)(H,20,21,22)/p-1. The molecule has 0 saturated heterocycles. The Labute approximate surface area is 151 Å². The number of hydrogen-bond donors (Lipinski definition) is 1. The number of hydrogen-bond acceptors (Lipinski definition) is 6. The first-order chi connectivity index (χ1) is 12.4. The lowest BCUT2D eigenvalue weighted by molar-refractivity contribution is -0.255. The molecule has 26 heavy (non-hydrogen) atoms. The van der Waals surface area contributed by atoms with Gasteiger partial charge in [0.25, 0.3) is 5.56 Å². The van der Waals surface area contributed by atoms with Crippen LogP contribution in [0.25, 0.3) is 33.1 Å². The van der Waals surface area contributed by atoms with Crippen LogP contribution < -0.4 is 10.7 Å². The molecule has 130 valence electrons. The number of carbonyl (C=O) groups is 1. The van der Waals surface area contributed by atoms with E-state index in [1.54, 1.807) is 24.3 Å². The van der Waals surface area contributed by atoms with Crippen LogP contribution in [0, 0.1) is 13.8 Å². The van der Waals surface area contributed by atoms with Gasteiger partial charge in [-0.1, -0.05) is 24.3 Å². The average Bonchev–Trinajstić information content (AvgIpc) is 3.21. The maximum atomic E-state index is 12.4. The monoisotopic (exact) mass is 365 g/mol. The molecular weight excluding hydrogens is 352 g/mol. The number of aryl methyl sites for hydroxylation is 2. The number of furan rings is 1. The van der Waals surface area contributed by atoms with Crippen molar-refractivity contribution in [1.29, 1.82) is 0 Å². The number of fused-ring (bicyclic) bond motifs is 1. The molecule has 0 unspecified atom stereocenters. The van der Waals surface area contributed by atoms with E-state index in [0.29, 0.717) is 33.1 Å². The molecule has 0 saturated carbocycles. The van der Waals surface area contributed by atoms with Gasteiger partial charge in [0.2, 0.25) is 0 Å². The number of rotatable bonds is 3. The first kappa shape index (κ1) is 16.3. The van der Waals surface area contributed by atoms with Crippen LogP contribution in [-0.2, 0) is 0 Å². The predicted molar refractivity (Wildman–Crippen MR) is 97.2 cm³/mol. The van der Waals surface area contributed by atoms with Crippen LogP contribution in [-0.4, -0.2) is 15.9 Å². The second-order valence-electron chi connectivity index (χ2n) is 5.91. The number of thiophene rings is 1. The van der Waals surface area contributed by atoms with Crippen LogP contribution in [0.4, 0.5) is 0 Å². The minimum absolute atomic E-state index is 0.0976. The molecular formula is C19H13N2O4S-. The van der Waals surface area contributed by atoms with Gasteiger partial charge in [0.05, 0.1) is 11.4 Å². The van der Waals surface area contributed by atoms with Gasteiger partial charge in [-0.05, 0) is 37.1 Å². The van der Waals surface area contributed by atoms with Crippen molar-refractivity contribution >= 4 is 27.5 Å². The van der Waals surface area contributed by atoms with Crippen molar-refractivity contribution in [3.05, 3.63) is 62.8 Å². The van der Waals surface area contributed by atoms with Gasteiger partial charge in [-0.2, -0.15) is 0 Å². The van der Waals surface area contributed by atoms with Gasteiger partial charge < -0.3 is 19.3 Å². The number of carbonyl (C=O) groups excluding carboxylic acids is 1. The summed E-state index contributed by atoms with van der Waals surface area (Å²) in [6.07, 6.45) is 0. The smallest absolute Gasteiger partial charge is 0.260 e. The Bertz CT molecular complexity index is 1200. The Kier molecular flexibility index (Phi) is 3.73. The number of benzene rings is 1. The van der Waals surface area contributed by atoms with Gasteiger partial charge in [0.15, 0.2) is 11.6 Å². The van der Waals surface area contributed by atoms with Crippen molar-refractivity contribution in [2.24, 2.45) is 0 Å². The molecule has 6 nitrogen and oxygen atoms in total. The van der Waals surface area contributed by atoms with E-state index in [1.165, 1.54) is 23.5 Å². The fraction of sp³-hybridized carbons (Fsp3) is 0.105. The molecule has 3 heterocycles. The minimum atomic E-state index is -1.23. The summed E-state index contributed by atoms with van der Waals surface area (Å²) in [6.45, 7) is 3.87. The molecule has 0 bridgehead atoms. The van der Waals surface area contributed by atoms with Crippen LogP contribution in [0.1, 0.15) is 20.8 Å². The van der Waals surface area contributed by atoms with Crippen molar-refractivity contribution in [3.63, 3.8) is 0 Å². The van der Waals surface area contributed by atoms with Gasteiger partial charge in [0, 0.05) is 10.4 Å². The molecule has 1 aromatic carbocycles. The van der Waals surface area contributed by atoms with Crippen molar-refractivity contribution < 1.29 is 14.3 Å². The Morgan fingerprint density at radius 2 is 1.81 bits per heavy atom. The molecule has 0 radical (unpaired) electrons. The number of aromatic amines is 1. The summed E-state index contributed by atoms with van der Waals surface area (Å²) in [5.41, 5.74) is 1.56. The molecule has 0 aliphatic carbocycles. The Morgan fingerprint density at radius 3 is 2.50 bits per heavy atom. The van der Waals surface area contributed by atoms with Crippen LogP contribution >= 0.6 is 11.3 Å². The summed E-state index contributed by atoms with van der Waals surface area (Å²) in [5, 5.41) is 11.4. The van der Waals surface area contributed by atoms with E-state index in [2.05, 4.69) is 9.97 Å². The Balaban J connectivity index is 1.75. The van der Waals surface area contributed by atoms with Crippen LogP contribution in [0.2, 0.25) is 0 Å². The van der Waals surface area contributed by atoms with Gasteiger partial charge >= 0.3 is 0 Å². The van der Waals surface area contributed by atoms with Gasteiger partial charge in [-0.3, -0.25) is 4.79 Å². The Hall–Kier alpha value is -3.19. The quantitative estimate of drug-likeness (QED) is 0.602. The number of nitrogens with zero attached hydrogens (tertiary/aromatic N) is 1. The average molecular weight is 365 g/mol. The second kappa shape index (κ2) is 5.96. The van der Waals surface area contributed by atoms with Gasteiger partial charge in [0.1, 0.15) is 10.6 Å². The Morgan fingerprint density at radius 1 is 1.12 bits per heavy atom. The minimum Gasteiger partial charge on any atom is -0.545 e. The molecule has 0 aliphatic heterocycles. The summed E-state index contributed by atoms with van der Waals surface area (Å²) in [6, 6.07) is 9.66. The van der Waals surface area contributed by atoms with Gasteiger partial charge in [-0.15, -0.1) is 11.3 Å². The van der Waals surface area contributed by atoms with Crippen LogP contribution in [0.5, 0.6) is 0 Å². The lowest BCUT2D eigenvalue weighted by atomic mass is 10.1. The zero-order chi connectivity index (χ0) is 18.4. The highest BCUT2D eigenvalue weighted by atomic mass is 32.1. The van der Waals surface area contributed by atoms with Gasteiger partial charge in [-0.25, -0.2) is 4.98 Å². The first-order valence-electron chi connectivity index (χ1n) is 7.86. The van der Waals surface area contributed by atoms with E-state index in [4.69, 9.17) is 4.42 Å². The molecule has 0 spiro atoms. The molecule has 7 heteroatoms. The first-order valence-corrected chi connectivity index (χ1v) is 8.67. The van der Waals surface area contributed by atoms with E-state index in [1.807, 2.05) is 13.8 Å². The molecule has 3 aromatic heterocycles. The number of H-pyrrole nitrogens is 1. The summed E-state index contributed by atoms with van der Waals surface area (Å²) in [7, 11) is 0. The lowest BCUT2D eigenvalue weighted by Crippen LogP contribution is -2.21. The van der Waals surface area contributed by atoms with E-state index in [0.717, 1.165) is 10.4 Å². The van der Waals surface area contributed by atoms with Crippen molar-refractivity contribution in [2.75, 3.05) is 0 Å². The summed E-state index contributed by atoms with van der Waals surface area (Å²) in [4.78, 5) is 32.2. The van der Waals surface area contributed by atoms with Crippen molar-refractivity contribution in [3.8, 4) is 22.9 Å². The summed E-state index contributed by atoms with van der Waals surface area (Å²) < 4.78 is 5.81. The maximum absolute atomic E-state index is 12.4. The molecule has 4 rings (SSSR count). The van der Waals surface area contributed by atoms with E-state index in [9.17, 15) is 14.7 Å². The highest BCUT2D eigenvalue weighted by Gasteiger charge is 2.15. The number of nitrogens with one attached hydrogen (secondary N) is 1. The third-order valence-electron chi connectivity index (χ3n) is 4.28.